The van der Waals surface area contributed by atoms with Gasteiger partial charge in [-0.1, -0.05) is 18.2 Å². The van der Waals surface area contributed by atoms with Gasteiger partial charge in [0, 0.05) is 39.0 Å². The van der Waals surface area contributed by atoms with Gasteiger partial charge in [-0.15, -0.1) is 0 Å². The normalized spacial score (nSPS) is 17.3. The summed E-state index contributed by atoms with van der Waals surface area (Å²) in [4.78, 5) is 14.5. The summed E-state index contributed by atoms with van der Waals surface area (Å²) in [6, 6.07) is 11.2. The topological polar surface area (TPSA) is 103 Å². The Morgan fingerprint density at radius 2 is 1.91 bits per heavy atom. The molecule has 1 saturated heterocycles. The molecule has 2 aromatic rings. The summed E-state index contributed by atoms with van der Waals surface area (Å²) >= 11 is 0. The van der Waals surface area contributed by atoms with E-state index >= 15 is 0 Å². The van der Waals surface area contributed by atoms with E-state index in [0.717, 1.165) is 16.4 Å². The number of nitrogens with zero attached hydrogens (tertiary/aromatic N) is 3. The number of carbonyl (C=O) groups is 1. The number of ether oxygens (including phenoxy) is 1. The van der Waals surface area contributed by atoms with Crippen molar-refractivity contribution in [3.8, 4) is 6.07 Å². The summed E-state index contributed by atoms with van der Waals surface area (Å²) < 4.78 is 72.8. The molecule has 34 heavy (non-hydrogen) atoms. The molecular formula is C22H23F3N4O4S. The lowest BCUT2D eigenvalue weighted by Crippen LogP contribution is -2.60. The average Bonchev–Trinajstić information content (AvgIpc) is 2.83. The molecule has 1 aliphatic rings. The highest BCUT2D eigenvalue weighted by molar-refractivity contribution is 7.89. The van der Waals surface area contributed by atoms with Crippen LogP contribution in [0.2, 0.25) is 0 Å². The molecule has 1 amide bonds. The molecule has 8 nitrogen and oxygen atoms in total. The predicted molar refractivity (Wildman–Crippen MR) is 117 cm³/mol. The number of piperazine rings is 1. The predicted octanol–water partition coefficient (Wildman–Crippen LogP) is 2.22. The fourth-order valence-corrected chi connectivity index (χ4v) is 5.28. The van der Waals surface area contributed by atoms with Crippen molar-refractivity contribution in [2.24, 2.45) is 0 Å². The van der Waals surface area contributed by atoms with Gasteiger partial charge >= 0.3 is 6.18 Å². The Kier molecular flexibility index (Phi) is 7.81. The number of halogens is 3. The molecule has 1 N–H and O–H groups in total. The van der Waals surface area contributed by atoms with E-state index in [4.69, 9.17) is 10.00 Å². The van der Waals surface area contributed by atoms with Crippen LogP contribution in [0.15, 0.2) is 53.4 Å². The lowest BCUT2D eigenvalue weighted by atomic mass is 10.1. The quantitative estimate of drug-likeness (QED) is 0.590. The van der Waals surface area contributed by atoms with Gasteiger partial charge in [0.05, 0.1) is 28.7 Å². The number of hydrogen-bond acceptors (Lipinski definition) is 6. The van der Waals surface area contributed by atoms with Crippen LogP contribution in [0.1, 0.15) is 11.1 Å². The van der Waals surface area contributed by atoms with Gasteiger partial charge in [0.1, 0.15) is 6.04 Å². The van der Waals surface area contributed by atoms with Crippen molar-refractivity contribution in [3.63, 3.8) is 0 Å². The van der Waals surface area contributed by atoms with E-state index in [1.165, 1.54) is 36.3 Å². The molecule has 0 saturated carbocycles. The number of benzene rings is 2. The highest BCUT2D eigenvalue weighted by atomic mass is 32.2. The van der Waals surface area contributed by atoms with Gasteiger partial charge in [-0.05, 0) is 30.3 Å². The van der Waals surface area contributed by atoms with Crippen molar-refractivity contribution in [1.82, 2.24) is 9.62 Å². The minimum Gasteiger partial charge on any atom is -0.383 e. The summed E-state index contributed by atoms with van der Waals surface area (Å²) in [5, 5.41) is 11.6. The van der Waals surface area contributed by atoms with Crippen LogP contribution in [-0.4, -0.2) is 64.6 Å². The van der Waals surface area contributed by atoms with Crippen molar-refractivity contribution in [1.29, 1.82) is 5.26 Å². The van der Waals surface area contributed by atoms with E-state index in [2.05, 4.69) is 5.32 Å². The first-order valence-corrected chi connectivity index (χ1v) is 11.7. The highest BCUT2D eigenvalue weighted by Gasteiger charge is 2.41. The van der Waals surface area contributed by atoms with Crippen LogP contribution in [-0.2, 0) is 25.7 Å². The Morgan fingerprint density at radius 1 is 1.21 bits per heavy atom. The third-order valence-electron chi connectivity index (χ3n) is 5.38. The molecule has 3 rings (SSSR count). The molecule has 1 unspecified atom stereocenters. The number of rotatable bonds is 7. The van der Waals surface area contributed by atoms with Crippen LogP contribution in [0.5, 0.6) is 0 Å². The van der Waals surface area contributed by atoms with Gasteiger partial charge in [-0.2, -0.15) is 22.7 Å². The SMILES string of the molecule is COCCNC(=O)C1CN(c2ccc(C#N)c(C(F)(F)F)c2)CCN1S(=O)(=O)c1ccccc1. The Hall–Kier alpha value is -3.14. The monoisotopic (exact) mass is 496 g/mol. The van der Waals surface area contributed by atoms with E-state index in [-0.39, 0.29) is 43.4 Å². The maximum absolute atomic E-state index is 13.4. The maximum atomic E-state index is 13.4. The zero-order valence-electron chi connectivity index (χ0n) is 18.2. The van der Waals surface area contributed by atoms with E-state index in [1.54, 1.807) is 18.2 Å². The number of sulfonamides is 1. The summed E-state index contributed by atoms with van der Waals surface area (Å²) in [7, 11) is -2.59. The van der Waals surface area contributed by atoms with E-state index in [0.29, 0.717) is 0 Å². The van der Waals surface area contributed by atoms with Gasteiger partial charge in [-0.3, -0.25) is 4.79 Å². The smallest absolute Gasteiger partial charge is 0.383 e. The summed E-state index contributed by atoms with van der Waals surface area (Å²) in [6.45, 7) is 0.102. The van der Waals surface area contributed by atoms with E-state index < -0.39 is 39.3 Å². The van der Waals surface area contributed by atoms with E-state index in [9.17, 15) is 26.4 Å². The summed E-state index contributed by atoms with van der Waals surface area (Å²) in [5.41, 5.74) is -1.47. The fourth-order valence-electron chi connectivity index (χ4n) is 3.69. The Morgan fingerprint density at radius 3 is 2.53 bits per heavy atom. The van der Waals surface area contributed by atoms with Crippen LogP contribution in [0, 0.1) is 11.3 Å². The van der Waals surface area contributed by atoms with Crippen LogP contribution in [0.4, 0.5) is 18.9 Å². The number of anilines is 1. The lowest BCUT2D eigenvalue weighted by molar-refractivity contribution is -0.137. The van der Waals surface area contributed by atoms with Gasteiger partial charge in [0.25, 0.3) is 0 Å². The van der Waals surface area contributed by atoms with Gasteiger partial charge < -0.3 is 15.0 Å². The molecule has 1 heterocycles. The van der Waals surface area contributed by atoms with E-state index in [1.807, 2.05) is 0 Å². The van der Waals surface area contributed by atoms with Crippen LogP contribution in [0.25, 0.3) is 0 Å². The third-order valence-corrected chi connectivity index (χ3v) is 7.31. The van der Waals surface area contributed by atoms with Gasteiger partial charge in [-0.25, -0.2) is 8.42 Å². The molecule has 0 bridgehead atoms. The van der Waals surface area contributed by atoms with Crippen molar-refractivity contribution in [2.75, 3.05) is 44.8 Å². The standard InChI is InChI=1S/C22H23F3N4O4S/c1-33-12-9-27-21(30)20-15-28(17-8-7-16(14-26)19(13-17)22(23,24)25)10-11-29(20)34(31,32)18-5-3-2-4-6-18/h2-8,13,20H,9-12,15H2,1H3,(H,27,30). The first kappa shape index (κ1) is 25.5. The Balaban J connectivity index is 1.95. The molecule has 0 radical (unpaired) electrons. The average molecular weight is 497 g/mol. The number of alkyl halides is 3. The first-order valence-electron chi connectivity index (χ1n) is 10.3. The lowest BCUT2D eigenvalue weighted by Gasteiger charge is -2.40. The zero-order chi connectivity index (χ0) is 24.9. The molecule has 1 atom stereocenters. The fraction of sp³-hybridized carbons (Fsp3) is 0.364. The number of methoxy groups -OCH3 is 1. The highest BCUT2D eigenvalue weighted by Crippen LogP contribution is 2.35. The molecule has 182 valence electrons. The number of amides is 1. The van der Waals surface area contributed by atoms with Crippen LogP contribution >= 0.6 is 0 Å². The molecular weight excluding hydrogens is 473 g/mol. The van der Waals surface area contributed by atoms with Crippen molar-refractivity contribution >= 4 is 21.6 Å². The Bertz CT molecular complexity index is 1170. The van der Waals surface area contributed by atoms with Crippen molar-refractivity contribution < 1.29 is 31.1 Å². The minimum atomic E-state index is -4.74. The largest absolute Gasteiger partial charge is 0.417 e. The number of hydrogen-bond donors (Lipinski definition) is 1. The molecule has 12 heteroatoms. The number of carbonyl (C=O) groups excluding carboxylic acids is 1. The number of nitrogens with one attached hydrogen (secondary N) is 1. The third kappa shape index (κ3) is 5.49. The Labute approximate surface area is 195 Å². The van der Waals surface area contributed by atoms with Crippen molar-refractivity contribution in [2.45, 2.75) is 17.1 Å². The number of nitriles is 1. The minimum absolute atomic E-state index is 0.0101. The zero-order valence-corrected chi connectivity index (χ0v) is 19.1. The molecule has 1 aliphatic heterocycles. The molecule has 0 aromatic heterocycles. The second-order valence-electron chi connectivity index (χ2n) is 7.51. The molecule has 1 fully saturated rings. The van der Waals surface area contributed by atoms with Gasteiger partial charge in [0.2, 0.25) is 15.9 Å². The second kappa shape index (κ2) is 10.4. The maximum Gasteiger partial charge on any atom is 0.417 e. The van der Waals surface area contributed by atoms with Crippen LogP contribution in [0.3, 0.4) is 0 Å². The second-order valence-corrected chi connectivity index (χ2v) is 9.40. The first-order chi connectivity index (χ1) is 16.1. The van der Waals surface area contributed by atoms with Crippen molar-refractivity contribution in [3.05, 3.63) is 59.7 Å². The molecule has 0 aliphatic carbocycles. The molecule has 2 aromatic carbocycles. The van der Waals surface area contributed by atoms with Gasteiger partial charge in [0.15, 0.2) is 0 Å². The summed E-state index contributed by atoms with van der Waals surface area (Å²) in [5.74, 6) is -0.592. The summed E-state index contributed by atoms with van der Waals surface area (Å²) in [6.07, 6.45) is -4.74. The molecule has 0 spiro atoms. The van der Waals surface area contributed by atoms with Crippen LogP contribution < -0.4 is 10.2 Å².